The van der Waals surface area contributed by atoms with E-state index >= 15 is 0 Å². The summed E-state index contributed by atoms with van der Waals surface area (Å²) in [7, 11) is 4.51. The fourth-order valence-corrected chi connectivity index (χ4v) is 3.71. The minimum absolute atomic E-state index is 0.0746. The van der Waals surface area contributed by atoms with Gasteiger partial charge in [-0.25, -0.2) is 4.79 Å². The van der Waals surface area contributed by atoms with Crippen molar-refractivity contribution in [2.75, 3.05) is 21.3 Å². The number of rotatable bonds is 8. The molecule has 2 aromatic rings. The van der Waals surface area contributed by atoms with Crippen LogP contribution >= 0.6 is 0 Å². The van der Waals surface area contributed by atoms with Gasteiger partial charge in [0.15, 0.2) is 0 Å². The lowest BCUT2D eigenvalue weighted by Crippen LogP contribution is -2.48. The van der Waals surface area contributed by atoms with Crippen LogP contribution in [-0.2, 0) is 20.9 Å². The molecule has 1 amide bonds. The van der Waals surface area contributed by atoms with Gasteiger partial charge in [-0.1, -0.05) is 30.3 Å². The van der Waals surface area contributed by atoms with Crippen molar-refractivity contribution >= 4 is 11.9 Å². The van der Waals surface area contributed by atoms with E-state index in [0.29, 0.717) is 23.4 Å². The normalized spacial score (nSPS) is 17.0. The number of nitrogens with one attached hydrogen (secondary N) is 1. The maximum atomic E-state index is 13.0. The maximum Gasteiger partial charge on any atom is 0.327 e. The Hall–Kier alpha value is -3.32. The summed E-state index contributed by atoms with van der Waals surface area (Å²) in [6.45, 7) is 4.08. The largest absolute Gasteiger partial charge is 0.497 e. The first-order chi connectivity index (χ1) is 14.9. The van der Waals surface area contributed by atoms with E-state index in [1.165, 1.54) is 7.11 Å². The molecule has 3 rings (SSSR count). The molecule has 1 N–H and O–H groups in total. The van der Waals surface area contributed by atoms with Gasteiger partial charge < -0.3 is 19.1 Å². The summed E-state index contributed by atoms with van der Waals surface area (Å²) in [5.41, 5.74) is 3.12. The molecule has 7 nitrogen and oxygen atoms in total. The zero-order chi connectivity index (χ0) is 22.5. The first-order valence-corrected chi connectivity index (χ1v) is 9.99. The number of carbonyl (C=O) groups excluding carboxylic acids is 2. The molecule has 1 aliphatic rings. The molecular weight excluding hydrogens is 396 g/mol. The van der Waals surface area contributed by atoms with Gasteiger partial charge in [-0.2, -0.15) is 0 Å². The highest BCUT2D eigenvalue weighted by Crippen LogP contribution is 2.31. The van der Waals surface area contributed by atoms with Crippen LogP contribution in [0.2, 0.25) is 0 Å². The molecule has 0 saturated carbocycles. The van der Waals surface area contributed by atoms with Gasteiger partial charge in [-0.05, 0) is 43.2 Å². The summed E-state index contributed by atoms with van der Waals surface area (Å²) in [4.78, 5) is 27.4. The molecule has 2 aromatic carbocycles. The lowest BCUT2D eigenvalue weighted by Gasteiger charge is -2.31. The van der Waals surface area contributed by atoms with E-state index < -0.39 is 18.2 Å². The van der Waals surface area contributed by atoms with Crippen LogP contribution in [0, 0.1) is 0 Å². The van der Waals surface area contributed by atoms with Crippen LogP contribution in [0.1, 0.15) is 31.0 Å². The molecule has 0 spiro atoms. The van der Waals surface area contributed by atoms with Crippen LogP contribution in [-0.4, -0.2) is 44.3 Å². The average Bonchev–Trinajstić information content (AvgIpc) is 3.00. The van der Waals surface area contributed by atoms with E-state index in [2.05, 4.69) is 5.32 Å². The first kappa shape index (κ1) is 22.4. The molecule has 0 aromatic heterocycles. The average molecular weight is 424 g/mol. The Morgan fingerprint density at radius 3 is 2.32 bits per heavy atom. The minimum Gasteiger partial charge on any atom is -0.497 e. The number of hydrogen-bond acceptors (Lipinski definition) is 6. The highest BCUT2D eigenvalue weighted by atomic mass is 16.5. The second-order valence-electron chi connectivity index (χ2n) is 7.36. The molecular formula is C24H28N2O5. The quantitative estimate of drug-likeness (QED) is 0.656. The number of benzene rings is 2. The van der Waals surface area contributed by atoms with Gasteiger partial charge in [-0.15, -0.1) is 0 Å². The van der Waals surface area contributed by atoms with E-state index in [-0.39, 0.29) is 5.91 Å². The highest BCUT2D eigenvalue weighted by molar-refractivity contribution is 5.97. The van der Waals surface area contributed by atoms with Crippen LogP contribution in [0.4, 0.5) is 0 Å². The molecule has 0 saturated heterocycles. The number of amides is 1. The molecule has 2 unspecified atom stereocenters. The van der Waals surface area contributed by atoms with Crippen molar-refractivity contribution in [2.24, 2.45) is 0 Å². The Morgan fingerprint density at radius 1 is 1.03 bits per heavy atom. The van der Waals surface area contributed by atoms with E-state index in [4.69, 9.17) is 14.2 Å². The number of hydrogen-bond donors (Lipinski definition) is 1. The number of methoxy groups -OCH3 is 3. The predicted molar refractivity (Wildman–Crippen MR) is 117 cm³/mol. The lowest BCUT2D eigenvalue weighted by molar-refractivity contribution is -0.144. The predicted octanol–water partition coefficient (Wildman–Crippen LogP) is 3.21. The summed E-state index contributed by atoms with van der Waals surface area (Å²) < 4.78 is 15.7. The Bertz CT molecular complexity index is 984. The molecule has 0 aliphatic carbocycles. The summed E-state index contributed by atoms with van der Waals surface area (Å²) in [6, 6.07) is 14.0. The second-order valence-corrected chi connectivity index (χ2v) is 7.36. The van der Waals surface area contributed by atoms with Crippen molar-refractivity contribution < 1.29 is 23.8 Å². The fourth-order valence-electron chi connectivity index (χ4n) is 3.71. The molecule has 7 heteroatoms. The Kier molecular flexibility index (Phi) is 6.97. The smallest absolute Gasteiger partial charge is 0.327 e. The van der Waals surface area contributed by atoms with E-state index in [1.54, 1.807) is 32.1 Å². The van der Waals surface area contributed by atoms with Gasteiger partial charge in [0, 0.05) is 17.7 Å². The van der Waals surface area contributed by atoms with Gasteiger partial charge in [0.2, 0.25) is 0 Å². The summed E-state index contributed by atoms with van der Waals surface area (Å²) in [5.74, 6) is 0.779. The Labute approximate surface area is 182 Å². The molecule has 1 aliphatic heterocycles. The van der Waals surface area contributed by atoms with E-state index in [9.17, 15) is 9.59 Å². The van der Waals surface area contributed by atoms with Gasteiger partial charge in [0.25, 0.3) is 5.91 Å². The van der Waals surface area contributed by atoms with Crippen molar-refractivity contribution in [3.63, 3.8) is 0 Å². The summed E-state index contributed by atoms with van der Waals surface area (Å²) in [6.07, 6.45) is -0.469. The molecule has 0 bridgehead atoms. The van der Waals surface area contributed by atoms with E-state index in [0.717, 1.165) is 16.9 Å². The number of para-hydroxylation sites is 1. The third kappa shape index (κ3) is 4.56. The third-order valence-corrected chi connectivity index (χ3v) is 5.62. The minimum atomic E-state index is -0.807. The van der Waals surface area contributed by atoms with Crippen LogP contribution in [0.15, 0.2) is 59.7 Å². The topological polar surface area (TPSA) is 77.1 Å². The molecule has 1 heterocycles. The van der Waals surface area contributed by atoms with Gasteiger partial charge in [0.05, 0.1) is 21.3 Å². The fraction of sp³-hybridized carbons (Fsp3) is 0.333. The number of esters is 1. The van der Waals surface area contributed by atoms with Gasteiger partial charge >= 0.3 is 5.97 Å². The van der Waals surface area contributed by atoms with Crippen LogP contribution < -0.4 is 14.8 Å². The van der Waals surface area contributed by atoms with E-state index in [1.807, 2.05) is 49.4 Å². The summed E-state index contributed by atoms with van der Waals surface area (Å²) >= 11 is 0. The van der Waals surface area contributed by atoms with Gasteiger partial charge in [-0.3, -0.25) is 10.1 Å². The molecule has 31 heavy (non-hydrogen) atoms. The van der Waals surface area contributed by atoms with Crippen molar-refractivity contribution in [3.05, 3.63) is 70.8 Å². The lowest BCUT2D eigenvalue weighted by atomic mass is 10.0. The van der Waals surface area contributed by atoms with Crippen LogP contribution in [0.3, 0.4) is 0 Å². The molecule has 0 radical (unpaired) electrons. The Morgan fingerprint density at radius 2 is 1.71 bits per heavy atom. The van der Waals surface area contributed by atoms with Crippen LogP contribution in [0.25, 0.3) is 0 Å². The van der Waals surface area contributed by atoms with Crippen molar-refractivity contribution in [3.8, 4) is 11.5 Å². The first-order valence-electron chi connectivity index (χ1n) is 9.99. The van der Waals surface area contributed by atoms with Crippen LogP contribution in [0.5, 0.6) is 11.5 Å². The maximum absolute atomic E-state index is 13.0. The monoisotopic (exact) mass is 424 g/mol. The number of carbonyl (C=O) groups is 2. The van der Waals surface area contributed by atoms with Gasteiger partial charge in [0.1, 0.15) is 23.7 Å². The zero-order valence-corrected chi connectivity index (χ0v) is 18.5. The SMILES string of the molecule is COC(=O)C(NC1C(C)=C(C)C(=O)N1Cc1ccc(OC)cc1)c1ccccc1OC. The third-order valence-electron chi connectivity index (χ3n) is 5.62. The highest BCUT2D eigenvalue weighted by Gasteiger charge is 2.38. The standard InChI is InChI=1S/C24H28N2O5/c1-15-16(2)23(27)26(14-17-10-12-18(29-3)13-11-17)22(15)25-21(24(28)31-5)19-8-6-7-9-20(19)30-4/h6-13,21-22,25H,14H2,1-5H3. The molecule has 0 fully saturated rings. The molecule has 164 valence electrons. The molecule has 2 atom stereocenters. The number of ether oxygens (including phenoxy) is 3. The zero-order valence-electron chi connectivity index (χ0n) is 18.5. The number of nitrogens with zero attached hydrogens (tertiary/aromatic N) is 1. The van der Waals surface area contributed by atoms with Crippen molar-refractivity contribution in [1.82, 2.24) is 10.2 Å². The summed E-state index contributed by atoms with van der Waals surface area (Å²) in [5, 5.41) is 3.33. The van der Waals surface area contributed by atoms with Crippen molar-refractivity contribution in [2.45, 2.75) is 32.6 Å². The van der Waals surface area contributed by atoms with Crippen molar-refractivity contribution in [1.29, 1.82) is 0 Å². The Balaban J connectivity index is 1.93. The second kappa shape index (κ2) is 9.66.